The number of carbonyl (C=O) groups excluding carboxylic acids is 3. The fourth-order valence-electron chi connectivity index (χ4n) is 1.24. The van der Waals surface area contributed by atoms with Crippen molar-refractivity contribution in [3.63, 3.8) is 0 Å². The minimum Gasteiger partial charge on any atom is -0.450 e. The zero-order valence-corrected chi connectivity index (χ0v) is 12.4. The third kappa shape index (κ3) is 5.36. The lowest BCUT2D eigenvalue weighted by molar-refractivity contribution is -0.165. The van der Waals surface area contributed by atoms with Crippen LogP contribution in [0.15, 0.2) is 40.9 Å². The van der Waals surface area contributed by atoms with Crippen LogP contribution in [0.3, 0.4) is 0 Å². The molecule has 1 aromatic rings. The summed E-state index contributed by atoms with van der Waals surface area (Å²) in [5.74, 6) is -2.34. The SMILES string of the molecule is C=C(C)C(=O)OCC(=O)OC(=O)Cc1ccccc1Br. The van der Waals surface area contributed by atoms with E-state index in [1.54, 1.807) is 24.3 Å². The molecular weight excluding hydrogens is 328 g/mol. The normalized spacial score (nSPS) is 9.70. The van der Waals surface area contributed by atoms with Gasteiger partial charge in [0.25, 0.3) is 0 Å². The van der Waals surface area contributed by atoms with Gasteiger partial charge in [0.2, 0.25) is 0 Å². The first-order valence-electron chi connectivity index (χ1n) is 5.69. The summed E-state index contributed by atoms with van der Waals surface area (Å²) in [7, 11) is 0. The number of carbonyl (C=O) groups is 3. The molecule has 1 aromatic carbocycles. The number of hydrogen-bond donors (Lipinski definition) is 0. The molecule has 0 amide bonds. The molecule has 0 aromatic heterocycles. The van der Waals surface area contributed by atoms with Gasteiger partial charge in [-0.05, 0) is 18.6 Å². The zero-order chi connectivity index (χ0) is 15.1. The molecule has 0 aliphatic carbocycles. The van der Waals surface area contributed by atoms with Gasteiger partial charge in [-0.25, -0.2) is 9.59 Å². The average Bonchev–Trinajstić information content (AvgIpc) is 2.38. The Bertz CT molecular complexity index is 550. The molecule has 0 saturated carbocycles. The first-order valence-corrected chi connectivity index (χ1v) is 6.49. The molecule has 0 bridgehead atoms. The maximum Gasteiger partial charge on any atom is 0.351 e. The number of ether oxygens (including phenoxy) is 2. The molecule has 20 heavy (non-hydrogen) atoms. The van der Waals surface area contributed by atoms with Crippen LogP contribution in [0.2, 0.25) is 0 Å². The van der Waals surface area contributed by atoms with E-state index in [-0.39, 0.29) is 12.0 Å². The molecule has 0 aliphatic heterocycles. The molecule has 6 heteroatoms. The largest absolute Gasteiger partial charge is 0.450 e. The van der Waals surface area contributed by atoms with E-state index >= 15 is 0 Å². The van der Waals surface area contributed by atoms with Crippen LogP contribution in [-0.2, 0) is 30.3 Å². The Morgan fingerprint density at radius 2 is 1.85 bits per heavy atom. The van der Waals surface area contributed by atoms with Crippen LogP contribution >= 0.6 is 15.9 Å². The number of halogens is 1. The summed E-state index contributed by atoms with van der Waals surface area (Å²) >= 11 is 3.28. The monoisotopic (exact) mass is 340 g/mol. The van der Waals surface area contributed by atoms with Crippen LogP contribution in [-0.4, -0.2) is 24.5 Å². The van der Waals surface area contributed by atoms with Crippen molar-refractivity contribution in [3.05, 3.63) is 46.5 Å². The van der Waals surface area contributed by atoms with Crippen LogP contribution < -0.4 is 0 Å². The molecule has 0 heterocycles. The number of benzene rings is 1. The van der Waals surface area contributed by atoms with Crippen molar-refractivity contribution in [2.75, 3.05) is 6.61 Å². The van der Waals surface area contributed by atoms with E-state index in [1.807, 2.05) is 0 Å². The maximum atomic E-state index is 11.5. The van der Waals surface area contributed by atoms with Crippen LogP contribution in [0.5, 0.6) is 0 Å². The van der Waals surface area contributed by atoms with Crippen molar-refractivity contribution in [1.82, 2.24) is 0 Å². The Kier molecular flexibility index (Phi) is 6.11. The topological polar surface area (TPSA) is 69.7 Å². The van der Waals surface area contributed by atoms with Crippen molar-refractivity contribution in [3.8, 4) is 0 Å². The highest BCUT2D eigenvalue weighted by Gasteiger charge is 2.14. The standard InChI is InChI=1S/C14H13BrO5/c1-9(2)14(18)19-8-13(17)20-12(16)7-10-5-3-4-6-11(10)15/h3-6H,1,7-8H2,2H3. The first-order chi connectivity index (χ1) is 9.40. The molecule has 5 nitrogen and oxygen atoms in total. The fourth-order valence-corrected chi connectivity index (χ4v) is 1.66. The Labute approximate surface area is 124 Å². The van der Waals surface area contributed by atoms with Gasteiger partial charge < -0.3 is 9.47 Å². The molecule has 0 spiro atoms. The molecule has 1 rings (SSSR count). The number of hydrogen-bond acceptors (Lipinski definition) is 5. The van der Waals surface area contributed by atoms with E-state index in [0.29, 0.717) is 5.56 Å². The average molecular weight is 341 g/mol. The molecule has 0 aliphatic rings. The lowest BCUT2D eigenvalue weighted by Gasteiger charge is -2.05. The summed E-state index contributed by atoms with van der Waals surface area (Å²) in [4.78, 5) is 33.9. The van der Waals surface area contributed by atoms with Gasteiger partial charge in [-0.1, -0.05) is 40.7 Å². The Hall–Kier alpha value is -1.95. The molecular formula is C14H13BrO5. The Morgan fingerprint density at radius 3 is 2.45 bits per heavy atom. The van der Waals surface area contributed by atoms with Crippen LogP contribution in [0, 0.1) is 0 Å². The molecule has 0 N–H and O–H groups in total. The van der Waals surface area contributed by atoms with Crippen molar-refractivity contribution in [2.45, 2.75) is 13.3 Å². The van der Waals surface area contributed by atoms with Gasteiger partial charge in [0.1, 0.15) is 0 Å². The summed E-state index contributed by atoms with van der Waals surface area (Å²) in [5.41, 5.74) is 0.863. The van der Waals surface area contributed by atoms with Gasteiger partial charge in [0, 0.05) is 10.0 Å². The molecule has 0 fully saturated rings. The third-order valence-electron chi connectivity index (χ3n) is 2.19. The summed E-state index contributed by atoms with van der Waals surface area (Å²) in [6.45, 7) is 4.19. The minimum absolute atomic E-state index is 0.0540. The highest BCUT2D eigenvalue weighted by molar-refractivity contribution is 9.10. The van der Waals surface area contributed by atoms with Crippen molar-refractivity contribution >= 4 is 33.8 Å². The minimum atomic E-state index is -0.920. The van der Waals surface area contributed by atoms with Crippen LogP contribution in [0.25, 0.3) is 0 Å². The molecule has 106 valence electrons. The van der Waals surface area contributed by atoms with Crippen LogP contribution in [0.1, 0.15) is 12.5 Å². The van der Waals surface area contributed by atoms with E-state index in [2.05, 4.69) is 32.0 Å². The van der Waals surface area contributed by atoms with Gasteiger partial charge in [0.15, 0.2) is 6.61 Å². The third-order valence-corrected chi connectivity index (χ3v) is 2.96. The van der Waals surface area contributed by atoms with Crippen molar-refractivity contribution < 1.29 is 23.9 Å². The zero-order valence-electron chi connectivity index (χ0n) is 10.8. The molecule has 0 radical (unpaired) electrons. The van der Waals surface area contributed by atoms with E-state index in [0.717, 1.165) is 4.47 Å². The smallest absolute Gasteiger partial charge is 0.351 e. The highest BCUT2D eigenvalue weighted by atomic mass is 79.9. The second kappa shape index (κ2) is 7.59. The Morgan fingerprint density at radius 1 is 1.20 bits per heavy atom. The lowest BCUT2D eigenvalue weighted by Crippen LogP contribution is -2.21. The summed E-state index contributed by atoms with van der Waals surface area (Å²) in [5, 5.41) is 0. The molecule has 0 saturated heterocycles. The lowest BCUT2D eigenvalue weighted by atomic mass is 10.2. The van der Waals surface area contributed by atoms with E-state index in [9.17, 15) is 14.4 Å². The predicted octanol–water partition coefficient (Wildman–Crippen LogP) is 2.18. The van der Waals surface area contributed by atoms with Crippen molar-refractivity contribution in [2.24, 2.45) is 0 Å². The Balaban J connectivity index is 2.43. The van der Waals surface area contributed by atoms with Gasteiger partial charge in [-0.3, -0.25) is 4.79 Å². The van der Waals surface area contributed by atoms with E-state index < -0.39 is 24.5 Å². The summed E-state index contributed by atoms with van der Waals surface area (Å²) in [6, 6.07) is 7.08. The van der Waals surface area contributed by atoms with Gasteiger partial charge in [0.05, 0.1) is 6.42 Å². The summed E-state index contributed by atoms with van der Waals surface area (Å²) in [6.07, 6.45) is -0.0540. The highest BCUT2D eigenvalue weighted by Crippen LogP contribution is 2.16. The summed E-state index contributed by atoms with van der Waals surface area (Å²) < 4.78 is 9.85. The number of rotatable bonds is 5. The fraction of sp³-hybridized carbons (Fsp3) is 0.214. The predicted molar refractivity (Wildman–Crippen MR) is 74.7 cm³/mol. The first kappa shape index (κ1) is 16.1. The molecule has 0 atom stereocenters. The van der Waals surface area contributed by atoms with Crippen LogP contribution in [0.4, 0.5) is 0 Å². The van der Waals surface area contributed by atoms with Gasteiger partial charge >= 0.3 is 17.9 Å². The van der Waals surface area contributed by atoms with Crippen molar-refractivity contribution in [1.29, 1.82) is 0 Å². The molecule has 0 unspecified atom stereocenters. The van der Waals surface area contributed by atoms with Gasteiger partial charge in [-0.15, -0.1) is 0 Å². The quantitative estimate of drug-likeness (QED) is 0.466. The second-order valence-corrected chi connectivity index (χ2v) is 4.83. The maximum absolute atomic E-state index is 11.5. The van der Waals surface area contributed by atoms with E-state index in [1.165, 1.54) is 6.92 Å². The van der Waals surface area contributed by atoms with Gasteiger partial charge in [-0.2, -0.15) is 0 Å². The number of esters is 3. The second-order valence-electron chi connectivity index (χ2n) is 3.97. The van der Waals surface area contributed by atoms with E-state index in [4.69, 9.17) is 0 Å².